The minimum Gasteiger partial charge on any atom is -0.356 e. The average Bonchev–Trinajstić information content (AvgIpc) is 3.34. The lowest BCUT2D eigenvalue weighted by Gasteiger charge is -2.29. The second-order valence-corrected chi connectivity index (χ2v) is 8.08. The Morgan fingerprint density at radius 2 is 1.82 bits per heavy atom. The first kappa shape index (κ1) is 17.4. The molecule has 1 fully saturated rings. The van der Waals surface area contributed by atoms with Crippen LogP contribution in [0.25, 0.3) is 22.7 Å². The number of aryl methyl sites for hydroxylation is 1. The highest BCUT2D eigenvalue weighted by Gasteiger charge is 2.18. The van der Waals surface area contributed by atoms with Crippen LogP contribution in [0, 0.1) is 6.92 Å². The topological polar surface area (TPSA) is 51.2 Å². The Kier molecular flexibility index (Phi) is 4.39. The fourth-order valence-electron chi connectivity index (χ4n) is 3.79. The molecule has 4 aromatic rings. The zero-order valence-electron chi connectivity index (χ0n) is 15.7. The molecule has 7 heteroatoms. The molecule has 1 aromatic carbocycles. The molecule has 0 amide bonds. The second kappa shape index (κ2) is 7.05. The Morgan fingerprint density at radius 3 is 2.64 bits per heavy atom. The van der Waals surface area contributed by atoms with Gasteiger partial charge in [-0.2, -0.15) is 14.7 Å². The number of halogens is 1. The molecule has 0 spiro atoms. The van der Waals surface area contributed by atoms with E-state index < -0.39 is 0 Å². The Labute approximate surface area is 171 Å². The molecule has 5 rings (SSSR count). The number of benzene rings is 1. The van der Waals surface area contributed by atoms with Crippen molar-refractivity contribution in [3.05, 3.63) is 58.8 Å². The number of nitrogens with zero attached hydrogens (tertiary/aromatic N) is 6. The number of fused-ring (bicyclic) bond motifs is 1. The first-order valence-corrected chi connectivity index (χ1v) is 10.4. The van der Waals surface area contributed by atoms with E-state index in [4.69, 9.17) is 10.1 Å². The van der Waals surface area contributed by atoms with Crippen LogP contribution in [0.2, 0.25) is 0 Å². The summed E-state index contributed by atoms with van der Waals surface area (Å²) in [5.41, 5.74) is 4.10. The van der Waals surface area contributed by atoms with Crippen LogP contribution in [0.15, 0.2) is 53.3 Å². The molecule has 3 aromatic heterocycles. The summed E-state index contributed by atoms with van der Waals surface area (Å²) in [6.07, 6.45) is 5.68. The summed E-state index contributed by atoms with van der Waals surface area (Å²) < 4.78 is 4.56. The van der Waals surface area contributed by atoms with Crippen molar-refractivity contribution in [2.24, 2.45) is 0 Å². The fourth-order valence-corrected chi connectivity index (χ4v) is 4.16. The third kappa shape index (κ3) is 3.20. The molecule has 0 aliphatic carbocycles. The van der Waals surface area contributed by atoms with E-state index in [1.165, 1.54) is 24.8 Å². The van der Waals surface area contributed by atoms with Crippen LogP contribution in [0.5, 0.6) is 0 Å². The molecule has 1 saturated heterocycles. The van der Waals surface area contributed by atoms with Gasteiger partial charge in [-0.25, -0.2) is 9.67 Å². The minimum atomic E-state index is 0.788. The summed E-state index contributed by atoms with van der Waals surface area (Å²) >= 11 is 3.49. The van der Waals surface area contributed by atoms with Gasteiger partial charge in [-0.1, -0.05) is 23.8 Å². The molecule has 142 valence electrons. The number of hydrogen-bond donors (Lipinski definition) is 0. The van der Waals surface area contributed by atoms with Crippen LogP contribution in [0.1, 0.15) is 24.8 Å². The predicted octanol–water partition coefficient (Wildman–Crippen LogP) is 4.64. The number of anilines is 1. The van der Waals surface area contributed by atoms with E-state index in [1.807, 2.05) is 27.5 Å². The van der Waals surface area contributed by atoms with Gasteiger partial charge < -0.3 is 4.90 Å². The molecule has 1 aliphatic heterocycles. The normalized spacial score (nSPS) is 14.7. The molecule has 0 bridgehead atoms. The average molecular weight is 437 g/mol. The van der Waals surface area contributed by atoms with Gasteiger partial charge in [-0.15, -0.1) is 0 Å². The molecule has 6 nitrogen and oxygen atoms in total. The maximum atomic E-state index is 4.79. The Hall–Kier alpha value is -2.67. The van der Waals surface area contributed by atoms with Crippen LogP contribution in [0.4, 0.5) is 5.82 Å². The molecule has 0 unspecified atom stereocenters. The van der Waals surface area contributed by atoms with Crippen LogP contribution in [-0.4, -0.2) is 37.5 Å². The number of aromatic nitrogens is 5. The monoisotopic (exact) mass is 436 g/mol. The summed E-state index contributed by atoms with van der Waals surface area (Å²) in [5, 5.41) is 9.37. The van der Waals surface area contributed by atoms with Gasteiger partial charge in [-0.3, -0.25) is 0 Å². The van der Waals surface area contributed by atoms with Gasteiger partial charge >= 0.3 is 0 Å². The molecule has 4 heterocycles. The van der Waals surface area contributed by atoms with E-state index in [2.05, 4.69) is 63.2 Å². The molecule has 0 radical (unpaired) electrons. The molecule has 28 heavy (non-hydrogen) atoms. The zero-order valence-corrected chi connectivity index (χ0v) is 17.3. The van der Waals surface area contributed by atoms with Gasteiger partial charge in [0, 0.05) is 37.0 Å². The first-order chi connectivity index (χ1) is 13.7. The molecule has 0 saturated carbocycles. The number of rotatable bonds is 3. The first-order valence-electron chi connectivity index (χ1n) is 9.62. The van der Waals surface area contributed by atoms with Crippen molar-refractivity contribution in [1.82, 2.24) is 24.4 Å². The van der Waals surface area contributed by atoms with Crippen LogP contribution >= 0.6 is 15.9 Å². The summed E-state index contributed by atoms with van der Waals surface area (Å²) in [6.45, 7) is 4.19. The smallest absolute Gasteiger partial charge is 0.161 e. The van der Waals surface area contributed by atoms with Crippen molar-refractivity contribution in [1.29, 1.82) is 0 Å². The molecular formula is C21H21BrN6. The van der Waals surface area contributed by atoms with E-state index in [0.717, 1.165) is 46.2 Å². The van der Waals surface area contributed by atoms with Crippen molar-refractivity contribution < 1.29 is 0 Å². The van der Waals surface area contributed by atoms with Crippen molar-refractivity contribution >= 4 is 27.4 Å². The lowest BCUT2D eigenvalue weighted by atomic mass is 10.1. The summed E-state index contributed by atoms with van der Waals surface area (Å²) in [7, 11) is 0. The van der Waals surface area contributed by atoms with Crippen molar-refractivity contribution in [3.8, 4) is 17.1 Å². The summed E-state index contributed by atoms with van der Waals surface area (Å²) in [6, 6.07) is 14.5. The van der Waals surface area contributed by atoms with E-state index >= 15 is 0 Å². The maximum Gasteiger partial charge on any atom is 0.161 e. The van der Waals surface area contributed by atoms with Crippen LogP contribution in [0.3, 0.4) is 0 Å². The van der Waals surface area contributed by atoms with Crippen molar-refractivity contribution in [3.63, 3.8) is 0 Å². The molecule has 0 atom stereocenters. The lowest BCUT2D eigenvalue weighted by molar-refractivity contribution is 0.567. The predicted molar refractivity (Wildman–Crippen MR) is 114 cm³/mol. The van der Waals surface area contributed by atoms with Gasteiger partial charge in [0.15, 0.2) is 11.5 Å². The zero-order chi connectivity index (χ0) is 19.1. The lowest BCUT2D eigenvalue weighted by Crippen LogP contribution is -2.31. The van der Waals surface area contributed by atoms with Gasteiger partial charge in [-0.05, 0) is 54.2 Å². The van der Waals surface area contributed by atoms with E-state index in [0.29, 0.717) is 0 Å². The van der Waals surface area contributed by atoms with Crippen molar-refractivity contribution in [2.75, 3.05) is 18.0 Å². The standard InChI is InChI=1S/C21H21BrN6/c1-15-6-5-7-16(12-15)17-8-11-27(24-17)19-14-21(26-9-3-2-4-10-26)28-20(23-19)13-18(22)25-28/h5-8,11-14H,2-4,9-10H2,1H3. The van der Waals surface area contributed by atoms with Gasteiger partial charge in [0.2, 0.25) is 0 Å². The largest absolute Gasteiger partial charge is 0.356 e. The Bertz CT molecular complexity index is 1140. The summed E-state index contributed by atoms with van der Waals surface area (Å²) in [4.78, 5) is 7.19. The highest BCUT2D eigenvalue weighted by atomic mass is 79.9. The van der Waals surface area contributed by atoms with Gasteiger partial charge in [0.1, 0.15) is 10.4 Å². The molecule has 0 N–H and O–H groups in total. The molecular weight excluding hydrogens is 416 g/mol. The maximum absolute atomic E-state index is 4.79. The Morgan fingerprint density at radius 1 is 0.964 bits per heavy atom. The highest BCUT2D eigenvalue weighted by molar-refractivity contribution is 9.10. The summed E-state index contributed by atoms with van der Waals surface area (Å²) in [5.74, 6) is 1.87. The van der Waals surface area contributed by atoms with Gasteiger partial charge in [0.05, 0.1) is 5.69 Å². The van der Waals surface area contributed by atoms with E-state index in [1.54, 1.807) is 0 Å². The van der Waals surface area contributed by atoms with Crippen molar-refractivity contribution in [2.45, 2.75) is 26.2 Å². The third-order valence-electron chi connectivity index (χ3n) is 5.18. The SMILES string of the molecule is Cc1cccc(-c2ccn(-c3cc(N4CCCCC4)n4nc(Br)cc4n3)n2)c1. The number of piperidine rings is 1. The minimum absolute atomic E-state index is 0.788. The molecule has 1 aliphatic rings. The fraction of sp³-hybridized carbons (Fsp3) is 0.286. The van der Waals surface area contributed by atoms with Gasteiger partial charge in [0.25, 0.3) is 0 Å². The Balaban J connectivity index is 1.59. The van der Waals surface area contributed by atoms with E-state index in [-0.39, 0.29) is 0 Å². The number of hydrogen-bond acceptors (Lipinski definition) is 4. The van der Waals surface area contributed by atoms with Crippen LogP contribution < -0.4 is 4.90 Å². The highest BCUT2D eigenvalue weighted by Crippen LogP contribution is 2.26. The van der Waals surface area contributed by atoms with Crippen LogP contribution in [-0.2, 0) is 0 Å². The third-order valence-corrected chi connectivity index (χ3v) is 5.57. The quantitative estimate of drug-likeness (QED) is 0.469. The van der Waals surface area contributed by atoms with E-state index in [9.17, 15) is 0 Å². The second-order valence-electron chi connectivity index (χ2n) is 7.27.